The molecule has 1 aromatic heterocycles. The zero-order valence-electron chi connectivity index (χ0n) is 14.6. The monoisotopic (exact) mass is 346 g/mol. The third-order valence-corrected chi connectivity index (χ3v) is 4.56. The first-order valence-corrected chi connectivity index (χ1v) is 8.76. The predicted molar refractivity (Wildman–Crippen MR) is 93.7 cm³/mol. The number of benzene rings is 1. The summed E-state index contributed by atoms with van der Waals surface area (Å²) >= 11 is 0. The van der Waals surface area contributed by atoms with Crippen molar-refractivity contribution in [2.75, 3.05) is 26.8 Å². The average molecular weight is 346 g/mol. The van der Waals surface area contributed by atoms with E-state index in [0.29, 0.717) is 12.6 Å². The Morgan fingerprint density at radius 3 is 2.76 bits per heavy atom. The van der Waals surface area contributed by atoms with E-state index >= 15 is 0 Å². The fourth-order valence-electron chi connectivity index (χ4n) is 3.24. The summed E-state index contributed by atoms with van der Waals surface area (Å²) < 4.78 is 12.7. The van der Waals surface area contributed by atoms with Crippen molar-refractivity contribution < 1.29 is 14.6 Å². The zero-order chi connectivity index (χ0) is 17.5. The van der Waals surface area contributed by atoms with Gasteiger partial charge in [0, 0.05) is 12.6 Å². The summed E-state index contributed by atoms with van der Waals surface area (Å²) in [5.41, 5.74) is 0. The maximum Gasteiger partial charge on any atom is 0.137 e. The summed E-state index contributed by atoms with van der Waals surface area (Å²) in [6.07, 6.45) is 6.28. The molecular formula is C18H26N4O3. The van der Waals surface area contributed by atoms with Crippen molar-refractivity contribution in [3.8, 4) is 11.5 Å². The lowest BCUT2D eigenvalue weighted by molar-refractivity contribution is 0.0345. The summed E-state index contributed by atoms with van der Waals surface area (Å²) in [5.74, 6) is 1.52. The normalized spacial score (nSPS) is 19.5. The molecule has 2 heterocycles. The van der Waals surface area contributed by atoms with Gasteiger partial charge in [-0.1, -0.05) is 6.42 Å². The van der Waals surface area contributed by atoms with Gasteiger partial charge in [0.25, 0.3) is 0 Å². The van der Waals surface area contributed by atoms with Gasteiger partial charge in [-0.2, -0.15) is 5.10 Å². The molecule has 1 aromatic carbocycles. The molecule has 1 N–H and O–H groups in total. The number of piperidine rings is 1. The molecular weight excluding hydrogens is 320 g/mol. The van der Waals surface area contributed by atoms with Crippen LogP contribution in [0, 0.1) is 0 Å². The van der Waals surface area contributed by atoms with Crippen LogP contribution in [0.4, 0.5) is 0 Å². The Kier molecular flexibility index (Phi) is 6.25. The van der Waals surface area contributed by atoms with Gasteiger partial charge in [0.2, 0.25) is 0 Å². The van der Waals surface area contributed by atoms with E-state index in [1.807, 2.05) is 28.9 Å². The van der Waals surface area contributed by atoms with Gasteiger partial charge >= 0.3 is 0 Å². The van der Waals surface area contributed by atoms with Crippen LogP contribution in [-0.4, -0.2) is 63.7 Å². The third kappa shape index (κ3) is 5.17. The van der Waals surface area contributed by atoms with Gasteiger partial charge in [0.15, 0.2) is 0 Å². The largest absolute Gasteiger partial charge is 0.497 e. The first-order chi connectivity index (χ1) is 12.2. The molecule has 0 radical (unpaired) electrons. The minimum Gasteiger partial charge on any atom is -0.497 e. The van der Waals surface area contributed by atoms with E-state index < -0.39 is 6.10 Å². The quantitative estimate of drug-likeness (QED) is 0.782. The zero-order valence-corrected chi connectivity index (χ0v) is 14.6. The second kappa shape index (κ2) is 8.82. The van der Waals surface area contributed by atoms with Crippen LogP contribution in [-0.2, 0) is 6.54 Å². The molecule has 7 heteroatoms. The van der Waals surface area contributed by atoms with Crippen LogP contribution in [0.5, 0.6) is 11.5 Å². The highest BCUT2D eigenvalue weighted by Crippen LogP contribution is 2.20. The molecule has 25 heavy (non-hydrogen) atoms. The Bertz CT molecular complexity index is 618. The van der Waals surface area contributed by atoms with Gasteiger partial charge in [-0.25, -0.2) is 4.98 Å². The number of likely N-dealkylation sites (tertiary alicyclic amines) is 1. The Balaban J connectivity index is 1.48. The molecule has 2 atom stereocenters. The molecule has 1 saturated heterocycles. The van der Waals surface area contributed by atoms with Crippen molar-refractivity contribution in [2.45, 2.75) is 38.0 Å². The number of hydrogen-bond donors (Lipinski definition) is 1. The van der Waals surface area contributed by atoms with E-state index in [0.717, 1.165) is 31.0 Å². The number of hydrogen-bond acceptors (Lipinski definition) is 6. The van der Waals surface area contributed by atoms with E-state index in [-0.39, 0.29) is 6.61 Å². The fourth-order valence-corrected chi connectivity index (χ4v) is 3.24. The standard InChI is InChI=1S/C18H26N4O3/c1-24-17-5-7-18(8-6-17)25-12-16(23)11-21-9-3-2-4-15(21)10-22-14-19-13-20-22/h5-8,13-16,23H,2-4,9-12H2,1H3/t15-,16+/m1/s1. The van der Waals surface area contributed by atoms with Crippen LogP contribution in [0.3, 0.4) is 0 Å². The maximum atomic E-state index is 10.4. The molecule has 2 aromatic rings. The molecule has 1 fully saturated rings. The highest BCUT2D eigenvalue weighted by Gasteiger charge is 2.25. The Hall–Kier alpha value is -2.12. The molecule has 0 unspecified atom stereocenters. The van der Waals surface area contributed by atoms with Gasteiger partial charge in [-0.05, 0) is 43.7 Å². The summed E-state index contributed by atoms with van der Waals surface area (Å²) in [7, 11) is 1.63. The highest BCUT2D eigenvalue weighted by atomic mass is 16.5. The minimum atomic E-state index is -0.529. The summed E-state index contributed by atoms with van der Waals surface area (Å²) in [5, 5.41) is 14.6. The second-order valence-electron chi connectivity index (χ2n) is 6.40. The Morgan fingerprint density at radius 2 is 2.04 bits per heavy atom. The minimum absolute atomic E-state index is 0.277. The molecule has 1 aliphatic heterocycles. The highest BCUT2D eigenvalue weighted by molar-refractivity contribution is 5.31. The third-order valence-electron chi connectivity index (χ3n) is 4.56. The molecule has 1 aliphatic rings. The van der Waals surface area contributed by atoms with Crippen LogP contribution in [0.25, 0.3) is 0 Å². The van der Waals surface area contributed by atoms with Crippen molar-refractivity contribution in [3.05, 3.63) is 36.9 Å². The molecule has 0 amide bonds. The molecule has 0 spiro atoms. The van der Waals surface area contributed by atoms with Gasteiger partial charge in [0.1, 0.15) is 36.9 Å². The van der Waals surface area contributed by atoms with Crippen LogP contribution in [0.2, 0.25) is 0 Å². The van der Waals surface area contributed by atoms with Crippen LogP contribution in [0.15, 0.2) is 36.9 Å². The lowest BCUT2D eigenvalue weighted by atomic mass is 10.0. The SMILES string of the molecule is COc1ccc(OC[C@@H](O)CN2CCCC[C@@H]2Cn2cncn2)cc1. The first-order valence-electron chi connectivity index (χ1n) is 8.76. The fraction of sp³-hybridized carbons (Fsp3) is 0.556. The molecule has 0 bridgehead atoms. The van der Waals surface area contributed by atoms with Crippen LogP contribution < -0.4 is 9.47 Å². The maximum absolute atomic E-state index is 10.4. The van der Waals surface area contributed by atoms with Gasteiger partial charge in [0.05, 0.1) is 13.7 Å². The molecule has 136 valence electrons. The summed E-state index contributed by atoms with van der Waals surface area (Å²) in [6, 6.07) is 7.77. The molecule has 7 nitrogen and oxygen atoms in total. The van der Waals surface area contributed by atoms with Crippen molar-refractivity contribution in [3.63, 3.8) is 0 Å². The number of aromatic nitrogens is 3. The molecule has 0 aliphatic carbocycles. The molecule has 0 saturated carbocycles. The van der Waals surface area contributed by atoms with Crippen LogP contribution in [0.1, 0.15) is 19.3 Å². The van der Waals surface area contributed by atoms with E-state index in [4.69, 9.17) is 9.47 Å². The number of rotatable bonds is 8. The second-order valence-corrected chi connectivity index (χ2v) is 6.40. The first kappa shape index (κ1) is 17.7. The number of aliphatic hydroxyl groups excluding tert-OH is 1. The predicted octanol–water partition coefficient (Wildman–Crippen LogP) is 1.58. The number of β-amino-alcohol motifs (C(OH)–C–C–N with tert-alkyl or cyclic N) is 1. The van der Waals surface area contributed by atoms with E-state index in [9.17, 15) is 5.11 Å². The number of methoxy groups -OCH3 is 1. The van der Waals surface area contributed by atoms with E-state index in [2.05, 4.69) is 15.0 Å². The van der Waals surface area contributed by atoms with Gasteiger partial charge in [-0.3, -0.25) is 9.58 Å². The smallest absolute Gasteiger partial charge is 0.137 e. The van der Waals surface area contributed by atoms with Crippen molar-refractivity contribution in [1.29, 1.82) is 0 Å². The van der Waals surface area contributed by atoms with Crippen molar-refractivity contribution in [1.82, 2.24) is 19.7 Å². The summed E-state index contributed by atoms with van der Waals surface area (Å²) in [6.45, 7) is 2.69. The number of nitrogens with zero attached hydrogens (tertiary/aromatic N) is 4. The Morgan fingerprint density at radius 1 is 1.24 bits per heavy atom. The molecule has 3 rings (SSSR count). The summed E-state index contributed by atoms with van der Waals surface area (Å²) in [4.78, 5) is 6.34. The topological polar surface area (TPSA) is 72.6 Å². The van der Waals surface area contributed by atoms with Crippen LogP contribution >= 0.6 is 0 Å². The van der Waals surface area contributed by atoms with E-state index in [1.165, 1.54) is 12.8 Å². The Labute approximate surface area is 148 Å². The van der Waals surface area contributed by atoms with Crippen molar-refractivity contribution in [2.24, 2.45) is 0 Å². The lowest BCUT2D eigenvalue weighted by Crippen LogP contribution is -2.46. The van der Waals surface area contributed by atoms with Gasteiger partial charge in [-0.15, -0.1) is 0 Å². The number of aliphatic hydroxyl groups is 1. The van der Waals surface area contributed by atoms with E-state index in [1.54, 1.807) is 19.8 Å². The average Bonchev–Trinajstić information content (AvgIpc) is 3.15. The van der Waals surface area contributed by atoms with Crippen molar-refractivity contribution >= 4 is 0 Å². The lowest BCUT2D eigenvalue weighted by Gasteiger charge is -2.36. The van der Waals surface area contributed by atoms with Gasteiger partial charge < -0.3 is 14.6 Å². The number of ether oxygens (including phenoxy) is 2.